The Balaban J connectivity index is 1.43. The summed E-state index contributed by atoms with van der Waals surface area (Å²) >= 11 is 0. The summed E-state index contributed by atoms with van der Waals surface area (Å²) in [5.74, 6) is 1.99. The van der Waals surface area contributed by atoms with Gasteiger partial charge in [0.2, 0.25) is 5.91 Å². The number of carbonyl (C=O) groups is 1. The summed E-state index contributed by atoms with van der Waals surface area (Å²) in [6, 6.07) is 18.8. The normalized spacial score (nSPS) is 11.0. The Bertz CT molecular complexity index is 1510. The fourth-order valence-electron chi connectivity index (χ4n) is 3.93. The smallest absolute Gasteiger partial charge is 0.235 e. The fraction of sp³-hybridized carbons (Fsp3) is 0.111. The molecular formula is C27H21FN2O4. The maximum Gasteiger partial charge on any atom is 0.235 e. The molecule has 0 saturated carbocycles. The molecule has 5 aromatic rings. The molecule has 3 aromatic carbocycles. The maximum absolute atomic E-state index is 13.1. The summed E-state index contributed by atoms with van der Waals surface area (Å²) in [4.78, 5) is 17.2. The van der Waals surface area contributed by atoms with E-state index >= 15 is 0 Å². The number of methoxy groups -OCH3 is 2. The number of aromatic nitrogens is 2. The van der Waals surface area contributed by atoms with Crippen molar-refractivity contribution in [2.45, 2.75) is 6.42 Å². The molecule has 0 amide bonds. The van der Waals surface area contributed by atoms with Crippen LogP contribution in [0.1, 0.15) is 10.4 Å². The van der Waals surface area contributed by atoms with E-state index in [1.807, 2.05) is 30.3 Å². The van der Waals surface area contributed by atoms with Crippen LogP contribution in [-0.4, -0.2) is 29.7 Å². The van der Waals surface area contributed by atoms with Gasteiger partial charge in [0.15, 0.2) is 11.5 Å². The van der Waals surface area contributed by atoms with Gasteiger partial charge < -0.3 is 14.2 Å². The number of benzene rings is 3. The van der Waals surface area contributed by atoms with Crippen LogP contribution in [0.25, 0.3) is 21.8 Å². The second-order valence-corrected chi connectivity index (χ2v) is 7.74. The zero-order valence-electron chi connectivity index (χ0n) is 18.6. The van der Waals surface area contributed by atoms with Crippen molar-refractivity contribution in [3.8, 4) is 23.0 Å². The third-order valence-corrected chi connectivity index (χ3v) is 5.63. The minimum Gasteiger partial charge on any atom is -0.493 e. The van der Waals surface area contributed by atoms with Gasteiger partial charge in [-0.15, -0.1) is 0 Å². The monoisotopic (exact) mass is 456 g/mol. The van der Waals surface area contributed by atoms with Crippen molar-refractivity contribution in [3.63, 3.8) is 0 Å². The van der Waals surface area contributed by atoms with Crippen molar-refractivity contribution in [2.24, 2.45) is 0 Å². The Labute approximate surface area is 195 Å². The van der Waals surface area contributed by atoms with Crippen LogP contribution in [0.5, 0.6) is 23.0 Å². The number of ether oxygens (including phenoxy) is 3. The average molecular weight is 456 g/mol. The molecule has 0 spiro atoms. The van der Waals surface area contributed by atoms with E-state index in [1.54, 1.807) is 55.4 Å². The molecule has 0 saturated heterocycles. The largest absolute Gasteiger partial charge is 0.493 e. The molecule has 170 valence electrons. The fourth-order valence-corrected chi connectivity index (χ4v) is 3.93. The Morgan fingerprint density at radius 2 is 1.68 bits per heavy atom. The molecule has 5 rings (SSSR count). The molecule has 0 fully saturated rings. The number of hydrogen-bond acceptors (Lipinski definition) is 5. The van der Waals surface area contributed by atoms with Crippen molar-refractivity contribution < 1.29 is 23.4 Å². The number of rotatable bonds is 6. The van der Waals surface area contributed by atoms with Crippen LogP contribution in [0, 0.1) is 5.82 Å². The minimum absolute atomic E-state index is 0.101. The topological polar surface area (TPSA) is 62.6 Å². The second-order valence-electron chi connectivity index (χ2n) is 7.74. The Morgan fingerprint density at radius 3 is 2.44 bits per heavy atom. The van der Waals surface area contributed by atoms with E-state index < -0.39 is 0 Å². The summed E-state index contributed by atoms with van der Waals surface area (Å²) in [5.41, 5.74) is 2.24. The molecule has 34 heavy (non-hydrogen) atoms. The van der Waals surface area contributed by atoms with Gasteiger partial charge in [-0.2, -0.15) is 0 Å². The van der Waals surface area contributed by atoms with Gasteiger partial charge in [0.25, 0.3) is 0 Å². The van der Waals surface area contributed by atoms with Crippen LogP contribution >= 0.6 is 0 Å². The Hall–Kier alpha value is -4.39. The zero-order valence-corrected chi connectivity index (χ0v) is 18.6. The lowest BCUT2D eigenvalue weighted by Gasteiger charge is -2.12. The lowest BCUT2D eigenvalue weighted by Crippen LogP contribution is -2.12. The van der Waals surface area contributed by atoms with Crippen LogP contribution < -0.4 is 14.2 Å². The number of pyridine rings is 1. The van der Waals surface area contributed by atoms with E-state index in [2.05, 4.69) is 4.98 Å². The van der Waals surface area contributed by atoms with Gasteiger partial charge in [-0.05, 0) is 54.1 Å². The summed E-state index contributed by atoms with van der Waals surface area (Å²) < 4.78 is 31.7. The molecule has 0 radical (unpaired) electrons. The van der Waals surface area contributed by atoms with Crippen LogP contribution in [0.4, 0.5) is 4.39 Å². The predicted octanol–water partition coefficient (Wildman–Crippen LogP) is 6.02. The summed E-state index contributed by atoms with van der Waals surface area (Å²) in [6.07, 6.45) is 3.59. The minimum atomic E-state index is -0.324. The molecule has 0 unspecified atom stereocenters. The number of hydrogen-bond donors (Lipinski definition) is 0. The van der Waals surface area contributed by atoms with Crippen molar-refractivity contribution in [1.82, 2.24) is 9.55 Å². The number of nitrogens with zero attached hydrogens (tertiary/aromatic N) is 2. The van der Waals surface area contributed by atoms with Crippen molar-refractivity contribution >= 4 is 27.7 Å². The van der Waals surface area contributed by atoms with E-state index in [0.29, 0.717) is 28.5 Å². The zero-order chi connectivity index (χ0) is 23.7. The standard InChI is InChI=1S/C27H21FN2O4/c1-32-25-15-21-22(16-26(25)33-2)29-11-9-24(21)34-20-7-8-23-18(14-20)10-12-30(23)27(31)13-17-3-5-19(28)6-4-17/h3-12,14-16H,13H2,1-2H3. The molecular weight excluding hydrogens is 435 g/mol. The van der Waals surface area contributed by atoms with Crippen LogP contribution in [-0.2, 0) is 6.42 Å². The van der Waals surface area contributed by atoms with E-state index in [4.69, 9.17) is 14.2 Å². The van der Waals surface area contributed by atoms with Crippen molar-refractivity contribution in [2.75, 3.05) is 14.2 Å². The third kappa shape index (κ3) is 4.03. The van der Waals surface area contributed by atoms with Crippen molar-refractivity contribution in [1.29, 1.82) is 0 Å². The molecule has 0 aliphatic heterocycles. The molecule has 2 heterocycles. The van der Waals surface area contributed by atoms with E-state index in [9.17, 15) is 9.18 Å². The number of halogens is 1. The molecule has 2 aromatic heterocycles. The van der Waals surface area contributed by atoms with Crippen LogP contribution in [0.2, 0.25) is 0 Å². The molecule has 0 aliphatic rings. The molecule has 6 nitrogen and oxygen atoms in total. The maximum atomic E-state index is 13.1. The first kappa shape index (κ1) is 21.5. The summed E-state index contributed by atoms with van der Waals surface area (Å²) in [5, 5.41) is 1.65. The van der Waals surface area contributed by atoms with Gasteiger partial charge in [0.05, 0.1) is 31.7 Å². The molecule has 0 atom stereocenters. The lowest BCUT2D eigenvalue weighted by molar-refractivity contribution is 0.0919. The third-order valence-electron chi connectivity index (χ3n) is 5.63. The summed E-state index contributed by atoms with van der Waals surface area (Å²) in [6.45, 7) is 0. The van der Waals surface area contributed by atoms with Gasteiger partial charge in [0, 0.05) is 29.2 Å². The highest BCUT2D eigenvalue weighted by Crippen LogP contribution is 2.37. The lowest BCUT2D eigenvalue weighted by atomic mass is 10.1. The molecule has 0 N–H and O–H groups in total. The average Bonchev–Trinajstić information content (AvgIpc) is 3.28. The van der Waals surface area contributed by atoms with Gasteiger partial charge >= 0.3 is 0 Å². The number of carbonyl (C=O) groups excluding carboxylic acids is 1. The highest BCUT2D eigenvalue weighted by Gasteiger charge is 2.14. The van der Waals surface area contributed by atoms with Gasteiger partial charge in [-0.1, -0.05) is 12.1 Å². The van der Waals surface area contributed by atoms with Crippen molar-refractivity contribution in [3.05, 3.63) is 90.5 Å². The van der Waals surface area contributed by atoms with Gasteiger partial charge in [-0.25, -0.2) is 4.39 Å². The van der Waals surface area contributed by atoms with Gasteiger partial charge in [-0.3, -0.25) is 14.3 Å². The quantitative estimate of drug-likeness (QED) is 0.313. The Kier molecular flexibility index (Phi) is 5.59. The first-order valence-corrected chi connectivity index (χ1v) is 10.6. The highest BCUT2D eigenvalue weighted by atomic mass is 19.1. The predicted molar refractivity (Wildman–Crippen MR) is 128 cm³/mol. The van der Waals surface area contributed by atoms with Gasteiger partial charge in [0.1, 0.15) is 17.3 Å². The van der Waals surface area contributed by atoms with E-state index in [1.165, 1.54) is 12.1 Å². The molecule has 0 bridgehead atoms. The first-order valence-electron chi connectivity index (χ1n) is 10.6. The first-order chi connectivity index (χ1) is 16.6. The Morgan fingerprint density at radius 1 is 0.912 bits per heavy atom. The van der Waals surface area contributed by atoms with Crippen LogP contribution in [0.15, 0.2) is 79.1 Å². The van der Waals surface area contributed by atoms with E-state index in [-0.39, 0.29) is 18.1 Å². The molecule has 7 heteroatoms. The van der Waals surface area contributed by atoms with Crippen LogP contribution in [0.3, 0.4) is 0 Å². The number of fused-ring (bicyclic) bond motifs is 2. The second kappa shape index (κ2) is 8.86. The molecule has 0 aliphatic carbocycles. The highest BCUT2D eigenvalue weighted by molar-refractivity contribution is 5.94. The van der Waals surface area contributed by atoms with E-state index in [0.717, 1.165) is 21.9 Å². The summed E-state index contributed by atoms with van der Waals surface area (Å²) in [7, 11) is 3.16. The SMILES string of the molecule is COc1cc2nccc(Oc3ccc4c(ccn4C(=O)Cc4ccc(F)cc4)c3)c2cc1OC.